The average molecular weight is 383 g/mol. The quantitative estimate of drug-likeness (QED) is 0.677. The molecule has 0 bridgehead atoms. The van der Waals surface area contributed by atoms with Gasteiger partial charge in [-0.2, -0.15) is 0 Å². The fraction of sp³-hybridized carbons (Fsp3) is 0.286. The molecule has 0 saturated heterocycles. The first-order chi connectivity index (χ1) is 13.4. The zero-order chi connectivity index (χ0) is 20.3. The Bertz CT molecular complexity index is 864. The van der Waals surface area contributed by atoms with Crippen LogP contribution in [0.4, 0.5) is 4.79 Å². The van der Waals surface area contributed by atoms with Crippen LogP contribution in [0.25, 0.3) is 11.1 Å². The molecule has 0 spiro atoms. The predicted molar refractivity (Wildman–Crippen MR) is 101 cm³/mol. The average Bonchev–Trinajstić information content (AvgIpc) is 2.99. The Morgan fingerprint density at radius 2 is 1.50 bits per heavy atom. The molecule has 0 saturated carbocycles. The summed E-state index contributed by atoms with van der Waals surface area (Å²) >= 11 is 0. The zero-order valence-corrected chi connectivity index (χ0v) is 15.3. The standard InChI is InChI=1S/C21H21NO6/c1-12(19(23)24)10-18(20(25)26)22-21(27)28-11-17-15-8-4-2-6-13(15)14-7-3-5-9-16(14)17/h2-9,12,17-18H,10-11H2,1H3,(H,22,27)(H,23,24)(H,25,26)/t12-,18+/m1/s1. The van der Waals surface area contributed by atoms with Gasteiger partial charge in [-0.1, -0.05) is 55.5 Å². The number of alkyl carbamates (subject to hydrolysis) is 1. The van der Waals surface area contributed by atoms with Crippen LogP contribution in [0.3, 0.4) is 0 Å². The minimum Gasteiger partial charge on any atom is -0.481 e. The molecule has 3 rings (SSSR count). The number of hydrogen-bond donors (Lipinski definition) is 3. The molecule has 3 N–H and O–H groups in total. The predicted octanol–water partition coefficient (Wildman–Crippen LogP) is 3.09. The fourth-order valence-electron chi connectivity index (χ4n) is 3.46. The maximum Gasteiger partial charge on any atom is 0.407 e. The van der Waals surface area contributed by atoms with E-state index in [1.807, 2.05) is 48.5 Å². The fourth-order valence-corrected chi connectivity index (χ4v) is 3.46. The number of amides is 1. The minimum absolute atomic E-state index is 0.0562. The van der Waals surface area contributed by atoms with Gasteiger partial charge in [-0.3, -0.25) is 4.79 Å². The smallest absolute Gasteiger partial charge is 0.407 e. The molecule has 0 aliphatic heterocycles. The van der Waals surface area contributed by atoms with Gasteiger partial charge in [0.25, 0.3) is 0 Å². The highest BCUT2D eigenvalue weighted by atomic mass is 16.5. The molecule has 0 heterocycles. The Hall–Kier alpha value is -3.35. The Labute approximate surface area is 162 Å². The summed E-state index contributed by atoms with van der Waals surface area (Å²) in [5, 5.41) is 20.4. The van der Waals surface area contributed by atoms with E-state index in [4.69, 9.17) is 9.84 Å². The first kappa shape index (κ1) is 19.4. The summed E-state index contributed by atoms with van der Waals surface area (Å²) in [5.41, 5.74) is 4.27. The van der Waals surface area contributed by atoms with E-state index in [1.165, 1.54) is 6.92 Å². The highest BCUT2D eigenvalue weighted by molar-refractivity contribution is 5.81. The molecule has 1 aliphatic carbocycles. The Balaban J connectivity index is 1.67. The van der Waals surface area contributed by atoms with Crippen LogP contribution in [-0.2, 0) is 14.3 Å². The molecule has 2 aromatic rings. The summed E-state index contributed by atoms with van der Waals surface area (Å²) < 4.78 is 5.30. The Kier molecular flexibility index (Phi) is 5.63. The molecular weight excluding hydrogens is 362 g/mol. The number of nitrogens with one attached hydrogen (secondary N) is 1. The SMILES string of the molecule is C[C@H](C[C@H](NC(=O)OCC1c2ccccc2-c2ccccc21)C(=O)O)C(=O)O. The van der Waals surface area contributed by atoms with Crippen LogP contribution in [0, 0.1) is 5.92 Å². The van der Waals surface area contributed by atoms with Crippen molar-refractivity contribution in [2.45, 2.75) is 25.3 Å². The third-order valence-electron chi connectivity index (χ3n) is 4.94. The largest absolute Gasteiger partial charge is 0.481 e. The van der Waals surface area contributed by atoms with Crippen molar-refractivity contribution in [1.29, 1.82) is 0 Å². The van der Waals surface area contributed by atoms with Crippen molar-refractivity contribution in [3.05, 3.63) is 59.7 Å². The first-order valence-electron chi connectivity index (χ1n) is 8.95. The molecule has 2 atom stereocenters. The van der Waals surface area contributed by atoms with E-state index >= 15 is 0 Å². The van der Waals surface area contributed by atoms with Gasteiger partial charge in [0.15, 0.2) is 0 Å². The number of fused-ring (bicyclic) bond motifs is 3. The van der Waals surface area contributed by atoms with Crippen molar-refractivity contribution < 1.29 is 29.3 Å². The molecule has 7 heteroatoms. The minimum atomic E-state index is -1.33. The number of benzene rings is 2. The molecule has 1 amide bonds. The van der Waals surface area contributed by atoms with Gasteiger partial charge in [-0.25, -0.2) is 9.59 Å². The molecular formula is C21H21NO6. The number of aliphatic carboxylic acids is 2. The van der Waals surface area contributed by atoms with Gasteiger partial charge in [-0.15, -0.1) is 0 Å². The second-order valence-electron chi connectivity index (χ2n) is 6.84. The van der Waals surface area contributed by atoms with Crippen LogP contribution in [0.15, 0.2) is 48.5 Å². The number of carbonyl (C=O) groups excluding carboxylic acids is 1. The summed E-state index contributed by atoms with van der Waals surface area (Å²) in [7, 11) is 0. The van der Waals surface area contributed by atoms with Gasteiger partial charge in [0.05, 0.1) is 5.92 Å². The van der Waals surface area contributed by atoms with Crippen LogP contribution < -0.4 is 5.32 Å². The Morgan fingerprint density at radius 1 is 0.964 bits per heavy atom. The van der Waals surface area contributed by atoms with E-state index in [0.717, 1.165) is 22.3 Å². The first-order valence-corrected chi connectivity index (χ1v) is 8.95. The lowest BCUT2D eigenvalue weighted by molar-refractivity contribution is -0.143. The topological polar surface area (TPSA) is 113 Å². The second-order valence-corrected chi connectivity index (χ2v) is 6.84. The van der Waals surface area contributed by atoms with Gasteiger partial charge in [0.2, 0.25) is 0 Å². The number of carboxylic acids is 2. The molecule has 146 valence electrons. The highest BCUT2D eigenvalue weighted by Gasteiger charge is 2.30. The van der Waals surface area contributed by atoms with E-state index < -0.39 is 30.0 Å². The van der Waals surface area contributed by atoms with Crippen molar-refractivity contribution in [3.63, 3.8) is 0 Å². The third-order valence-corrected chi connectivity index (χ3v) is 4.94. The molecule has 2 aromatic carbocycles. The highest BCUT2D eigenvalue weighted by Crippen LogP contribution is 2.44. The van der Waals surface area contributed by atoms with Crippen LogP contribution >= 0.6 is 0 Å². The number of ether oxygens (including phenoxy) is 1. The molecule has 0 aromatic heterocycles. The molecule has 0 unspecified atom stereocenters. The number of carbonyl (C=O) groups is 3. The number of rotatable bonds is 7. The second kappa shape index (κ2) is 8.12. The summed E-state index contributed by atoms with van der Waals surface area (Å²) in [6.07, 6.45) is -1.11. The molecule has 7 nitrogen and oxygen atoms in total. The van der Waals surface area contributed by atoms with Gasteiger partial charge < -0.3 is 20.3 Å². The zero-order valence-electron chi connectivity index (χ0n) is 15.3. The van der Waals surface area contributed by atoms with Crippen molar-refractivity contribution in [2.75, 3.05) is 6.61 Å². The molecule has 28 heavy (non-hydrogen) atoms. The normalized spacial score (nSPS) is 14.5. The number of hydrogen-bond acceptors (Lipinski definition) is 4. The van der Waals surface area contributed by atoms with Crippen molar-refractivity contribution >= 4 is 18.0 Å². The number of carboxylic acid groups (broad SMARTS) is 2. The van der Waals surface area contributed by atoms with Crippen LogP contribution in [0.2, 0.25) is 0 Å². The van der Waals surface area contributed by atoms with Crippen LogP contribution in [0.5, 0.6) is 0 Å². The van der Waals surface area contributed by atoms with Crippen molar-refractivity contribution in [2.24, 2.45) is 5.92 Å². The molecule has 0 radical (unpaired) electrons. The summed E-state index contributed by atoms with van der Waals surface area (Å²) in [6.45, 7) is 1.44. The van der Waals surface area contributed by atoms with Gasteiger partial charge in [-0.05, 0) is 28.7 Å². The lowest BCUT2D eigenvalue weighted by Gasteiger charge is -2.18. The molecule has 0 fully saturated rings. The van der Waals surface area contributed by atoms with Crippen LogP contribution in [0.1, 0.15) is 30.4 Å². The Morgan fingerprint density at radius 3 is 2.00 bits per heavy atom. The van der Waals surface area contributed by atoms with Crippen molar-refractivity contribution in [1.82, 2.24) is 5.32 Å². The maximum atomic E-state index is 12.1. The van der Waals surface area contributed by atoms with E-state index in [-0.39, 0.29) is 18.9 Å². The van der Waals surface area contributed by atoms with Gasteiger partial charge in [0, 0.05) is 5.92 Å². The van der Waals surface area contributed by atoms with Gasteiger partial charge in [0.1, 0.15) is 12.6 Å². The third kappa shape index (κ3) is 3.98. The summed E-state index contributed by atoms with van der Waals surface area (Å²) in [5.74, 6) is -3.48. The van der Waals surface area contributed by atoms with Crippen molar-refractivity contribution in [3.8, 4) is 11.1 Å². The van der Waals surface area contributed by atoms with E-state index in [9.17, 15) is 19.5 Å². The molecule has 1 aliphatic rings. The van der Waals surface area contributed by atoms with E-state index in [0.29, 0.717) is 0 Å². The van der Waals surface area contributed by atoms with E-state index in [1.54, 1.807) is 0 Å². The monoisotopic (exact) mass is 383 g/mol. The lowest BCUT2D eigenvalue weighted by Crippen LogP contribution is -2.43. The van der Waals surface area contributed by atoms with Crippen LogP contribution in [-0.4, -0.2) is 40.9 Å². The summed E-state index contributed by atoms with van der Waals surface area (Å²) in [6, 6.07) is 14.4. The van der Waals surface area contributed by atoms with Gasteiger partial charge >= 0.3 is 18.0 Å². The lowest BCUT2D eigenvalue weighted by atomic mass is 9.98. The summed E-state index contributed by atoms with van der Waals surface area (Å²) in [4.78, 5) is 34.4. The maximum absolute atomic E-state index is 12.1. The van der Waals surface area contributed by atoms with E-state index in [2.05, 4.69) is 5.32 Å².